The molecule has 1 unspecified atom stereocenters. The molecule has 1 aromatic carbocycles. The van der Waals surface area contributed by atoms with Gasteiger partial charge in [-0.05, 0) is 25.0 Å². The van der Waals surface area contributed by atoms with Crippen LogP contribution in [0.1, 0.15) is 24.6 Å². The summed E-state index contributed by atoms with van der Waals surface area (Å²) in [4.78, 5) is 11.2. The molecule has 1 aliphatic rings. The molecule has 0 aliphatic carbocycles. The minimum atomic E-state index is -0.890. The smallest absolute Gasteiger partial charge is 0.314 e. The van der Waals surface area contributed by atoms with Gasteiger partial charge in [-0.15, -0.1) is 10.2 Å². The Hall–Kier alpha value is -2.24. The molecule has 0 spiro atoms. The van der Waals surface area contributed by atoms with Crippen molar-refractivity contribution in [1.82, 2.24) is 14.8 Å². The topological polar surface area (TPSA) is 68.0 Å². The van der Waals surface area contributed by atoms with Crippen molar-refractivity contribution in [2.75, 3.05) is 0 Å². The van der Waals surface area contributed by atoms with Gasteiger partial charge in [-0.25, -0.2) is 4.39 Å². The lowest BCUT2D eigenvalue weighted by molar-refractivity contribution is -0.139. The first kappa shape index (κ1) is 11.8. The van der Waals surface area contributed by atoms with Gasteiger partial charge < -0.3 is 9.67 Å². The van der Waals surface area contributed by atoms with Crippen molar-refractivity contribution in [3.63, 3.8) is 0 Å². The van der Waals surface area contributed by atoms with E-state index in [1.165, 1.54) is 12.1 Å². The van der Waals surface area contributed by atoms with E-state index in [2.05, 4.69) is 10.2 Å². The summed E-state index contributed by atoms with van der Waals surface area (Å²) < 4.78 is 15.0. The average molecular weight is 261 g/mol. The fourth-order valence-corrected chi connectivity index (χ4v) is 2.45. The summed E-state index contributed by atoms with van der Waals surface area (Å²) in [6, 6.07) is 6.08. The highest BCUT2D eigenvalue weighted by Crippen LogP contribution is 2.30. The Balaban J connectivity index is 2.08. The lowest BCUT2D eigenvalue weighted by Gasteiger charge is -2.20. The average Bonchev–Trinajstić information content (AvgIpc) is 2.82. The molecule has 1 aromatic heterocycles. The second-order valence-corrected chi connectivity index (χ2v) is 4.58. The normalized spacial score (nSPS) is 18.1. The van der Waals surface area contributed by atoms with Crippen molar-refractivity contribution < 1.29 is 14.3 Å². The zero-order chi connectivity index (χ0) is 13.4. The Morgan fingerprint density at radius 3 is 3.00 bits per heavy atom. The monoisotopic (exact) mass is 261 g/mol. The lowest BCUT2D eigenvalue weighted by Crippen LogP contribution is -2.22. The summed E-state index contributed by atoms with van der Waals surface area (Å²) in [6.45, 7) is 0.665. The first-order valence-corrected chi connectivity index (χ1v) is 6.08. The molecule has 6 heteroatoms. The largest absolute Gasteiger partial charge is 0.481 e. The number of carboxylic acid groups (broad SMARTS) is 1. The SMILES string of the molecule is O=C(O)C1CCCn2c(-c3cccc(F)c3)nnc21. The number of fused-ring (bicyclic) bond motifs is 1. The minimum absolute atomic E-state index is 0.347. The molecule has 0 bridgehead atoms. The third-order valence-corrected chi connectivity index (χ3v) is 3.35. The van der Waals surface area contributed by atoms with Crippen molar-refractivity contribution in [3.8, 4) is 11.4 Å². The number of halogens is 1. The summed E-state index contributed by atoms with van der Waals surface area (Å²) >= 11 is 0. The number of rotatable bonds is 2. The highest BCUT2D eigenvalue weighted by molar-refractivity contribution is 5.75. The van der Waals surface area contributed by atoms with E-state index in [4.69, 9.17) is 5.11 Å². The van der Waals surface area contributed by atoms with Crippen LogP contribution in [-0.2, 0) is 11.3 Å². The van der Waals surface area contributed by atoms with Crippen LogP contribution in [0.15, 0.2) is 24.3 Å². The molecule has 1 aliphatic heterocycles. The maximum atomic E-state index is 13.2. The van der Waals surface area contributed by atoms with Gasteiger partial charge >= 0.3 is 5.97 Å². The number of aliphatic carboxylic acids is 1. The second kappa shape index (κ2) is 4.46. The molecule has 5 nitrogen and oxygen atoms in total. The van der Waals surface area contributed by atoms with E-state index < -0.39 is 11.9 Å². The summed E-state index contributed by atoms with van der Waals surface area (Å²) in [5, 5.41) is 17.2. The second-order valence-electron chi connectivity index (χ2n) is 4.58. The van der Waals surface area contributed by atoms with Crippen molar-refractivity contribution in [3.05, 3.63) is 35.9 Å². The lowest BCUT2D eigenvalue weighted by atomic mass is 9.99. The number of aromatic nitrogens is 3. The van der Waals surface area contributed by atoms with Gasteiger partial charge in [-0.1, -0.05) is 12.1 Å². The highest BCUT2D eigenvalue weighted by Gasteiger charge is 2.30. The maximum absolute atomic E-state index is 13.2. The predicted molar refractivity (Wildman–Crippen MR) is 65.0 cm³/mol. The summed E-state index contributed by atoms with van der Waals surface area (Å²) in [5.74, 6) is -0.874. The van der Waals surface area contributed by atoms with Gasteiger partial charge in [-0.3, -0.25) is 4.79 Å². The van der Waals surface area contributed by atoms with Crippen LogP contribution in [0.2, 0.25) is 0 Å². The molecule has 2 aromatic rings. The van der Waals surface area contributed by atoms with E-state index in [1.807, 2.05) is 0 Å². The van der Waals surface area contributed by atoms with Gasteiger partial charge in [0.1, 0.15) is 17.6 Å². The van der Waals surface area contributed by atoms with Gasteiger partial charge in [-0.2, -0.15) is 0 Å². The zero-order valence-corrected chi connectivity index (χ0v) is 10.1. The van der Waals surface area contributed by atoms with Crippen molar-refractivity contribution >= 4 is 5.97 Å². The fourth-order valence-electron chi connectivity index (χ4n) is 2.45. The Labute approximate surface area is 108 Å². The summed E-state index contributed by atoms with van der Waals surface area (Å²) in [5.41, 5.74) is 0.616. The summed E-state index contributed by atoms with van der Waals surface area (Å²) in [6.07, 6.45) is 1.32. The molecule has 0 fully saturated rings. The van der Waals surface area contributed by atoms with Gasteiger partial charge in [0.2, 0.25) is 0 Å². The van der Waals surface area contributed by atoms with Crippen molar-refractivity contribution in [2.45, 2.75) is 25.3 Å². The molecule has 3 rings (SSSR count). The Morgan fingerprint density at radius 2 is 2.26 bits per heavy atom. The van der Waals surface area contributed by atoms with E-state index in [-0.39, 0.29) is 5.82 Å². The van der Waals surface area contributed by atoms with Crippen LogP contribution >= 0.6 is 0 Å². The third-order valence-electron chi connectivity index (χ3n) is 3.35. The zero-order valence-electron chi connectivity index (χ0n) is 10.1. The third kappa shape index (κ3) is 1.99. The minimum Gasteiger partial charge on any atom is -0.481 e. The Kier molecular flexibility index (Phi) is 2.77. The molecule has 0 saturated carbocycles. The van der Waals surface area contributed by atoms with Crippen LogP contribution in [-0.4, -0.2) is 25.8 Å². The molecule has 0 saturated heterocycles. The summed E-state index contributed by atoms with van der Waals surface area (Å²) in [7, 11) is 0. The molecular formula is C13H12FN3O2. The predicted octanol–water partition coefficient (Wildman–Crippen LogP) is 2.05. The van der Waals surface area contributed by atoms with Crippen LogP contribution in [0.3, 0.4) is 0 Å². The van der Waals surface area contributed by atoms with Crippen LogP contribution in [0.4, 0.5) is 4.39 Å². The van der Waals surface area contributed by atoms with E-state index in [1.54, 1.807) is 16.7 Å². The molecule has 98 valence electrons. The van der Waals surface area contributed by atoms with Crippen molar-refractivity contribution in [2.24, 2.45) is 0 Å². The molecule has 1 atom stereocenters. The number of benzene rings is 1. The Bertz CT molecular complexity index is 639. The fraction of sp³-hybridized carbons (Fsp3) is 0.308. The number of hydrogen-bond donors (Lipinski definition) is 1. The van der Waals surface area contributed by atoms with Gasteiger partial charge in [0, 0.05) is 12.1 Å². The van der Waals surface area contributed by atoms with Gasteiger partial charge in [0.25, 0.3) is 0 Å². The molecule has 2 heterocycles. The van der Waals surface area contributed by atoms with E-state index >= 15 is 0 Å². The number of hydrogen-bond acceptors (Lipinski definition) is 3. The molecule has 19 heavy (non-hydrogen) atoms. The van der Waals surface area contributed by atoms with Gasteiger partial charge in [0.05, 0.1) is 0 Å². The van der Waals surface area contributed by atoms with Crippen LogP contribution < -0.4 is 0 Å². The molecule has 1 N–H and O–H groups in total. The molecule has 0 amide bonds. The number of carbonyl (C=O) groups is 1. The van der Waals surface area contributed by atoms with Crippen LogP contribution in [0.25, 0.3) is 11.4 Å². The first-order valence-electron chi connectivity index (χ1n) is 6.08. The standard InChI is InChI=1S/C13H12FN3O2/c14-9-4-1-3-8(7-9)11-15-16-12-10(13(18)19)5-2-6-17(11)12/h1,3-4,7,10H,2,5-6H2,(H,18,19). The van der Waals surface area contributed by atoms with E-state index in [0.29, 0.717) is 30.2 Å². The van der Waals surface area contributed by atoms with Crippen LogP contribution in [0.5, 0.6) is 0 Å². The van der Waals surface area contributed by atoms with Crippen LogP contribution in [0, 0.1) is 5.82 Å². The Morgan fingerprint density at radius 1 is 1.42 bits per heavy atom. The number of nitrogens with zero attached hydrogens (tertiary/aromatic N) is 3. The maximum Gasteiger partial charge on any atom is 0.314 e. The van der Waals surface area contributed by atoms with Gasteiger partial charge in [0.15, 0.2) is 5.82 Å². The van der Waals surface area contributed by atoms with Crippen molar-refractivity contribution in [1.29, 1.82) is 0 Å². The molecular weight excluding hydrogens is 249 g/mol. The highest BCUT2D eigenvalue weighted by atomic mass is 19.1. The quantitative estimate of drug-likeness (QED) is 0.898. The van der Waals surface area contributed by atoms with E-state index in [9.17, 15) is 9.18 Å². The molecule has 0 radical (unpaired) electrons. The first-order chi connectivity index (χ1) is 9.16. The van der Waals surface area contributed by atoms with E-state index in [0.717, 1.165) is 6.42 Å². The number of carboxylic acids is 1.